The number of aromatic nitrogens is 1. The summed E-state index contributed by atoms with van der Waals surface area (Å²) in [5.41, 5.74) is 8.18. The highest BCUT2D eigenvalue weighted by Gasteiger charge is 2.25. The van der Waals surface area contributed by atoms with Gasteiger partial charge in [-0.15, -0.1) is 24.0 Å². The maximum absolute atomic E-state index is 11.7. The monoisotopic (exact) mass is 540 g/mol. The Balaban J connectivity index is 0.00000341. The van der Waals surface area contributed by atoms with Gasteiger partial charge in [-0.2, -0.15) is 0 Å². The molecule has 1 aromatic rings. The molecule has 0 aromatic carbocycles. The van der Waals surface area contributed by atoms with Crippen molar-refractivity contribution in [2.75, 3.05) is 31.1 Å². The fraction of sp³-hybridized carbons (Fsp3) is 0.609. The van der Waals surface area contributed by atoms with Crippen LogP contribution in [0.1, 0.15) is 57.4 Å². The van der Waals surface area contributed by atoms with Crippen LogP contribution in [-0.2, 0) is 11.3 Å². The number of pyridine rings is 1. The van der Waals surface area contributed by atoms with Crippen LogP contribution in [0.4, 0.5) is 5.82 Å². The molecule has 0 spiro atoms. The number of anilines is 1. The zero-order chi connectivity index (χ0) is 21.2. The average molecular weight is 540 g/mol. The molecule has 1 saturated heterocycles. The third kappa shape index (κ3) is 7.97. The standard InChI is InChI=1S/C23H36N6O.HI/c1-2-25-23(27-14-12-18-8-4-3-5-9-18)28-16-19-10-6-13-26-22(19)29-15-7-11-20(17-29)21(24)30;/h6,8,10,13,20H,2-5,7,9,11-12,14-17H2,1H3,(H2,24,30)(H2,25,27,28);1H. The van der Waals surface area contributed by atoms with Crippen molar-refractivity contribution in [3.63, 3.8) is 0 Å². The van der Waals surface area contributed by atoms with Gasteiger partial charge in [0.2, 0.25) is 5.91 Å². The second kappa shape index (κ2) is 13.5. The van der Waals surface area contributed by atoms with E-state index in [9.17, 15) is 4.79 Å². The molecule has 7 nitrogen and oxygen atoms in total. The molecule has 31 heavy (non-hydrogen) atoms. The first-order valence-electron chi connectivity index (χ1n) is 11.4. The summed E-state index contributed by atoms with van der Waals surface area (Å²) in [6, 6.07) is 4.01. The molecule has 1 aliphatic heterocycles. The number of guanidine groups is 1. The Bertz CT molecular complexity index is 766. The van der Waals surface area contributed by atoms with Gasteiger partial charge < -0.3 is 21.3 Å². The molecule has 3 rings (SSSR count). The van der Waals surface area contributed by atoms with Crippen LogP contribution in [0.5, 0.6) is 0 Å². The van der Waals surface area contributed by atoms with Crippen molar-refractivity contribution in [2.45, 2.75) is 58.4 Å². The van der Waals surface area contributed by atoms with E-state index in [-0.39, 0.29) is 35.8 Å². The molecule has 0 radical (unpaired) electrons. The highest BCUT2D eigenvalue weighted by atomic mass is 127. The Morgan fingerprint density at radius 1 is 1.32 bits per heavy atom. The largest absolute Gasteiger partial charge is 0.369 e. The van der Waals surface area contributed by atoms with Gasteiger partial charge >= 0.3 is 0 Å². The number of amides is 1. The molecule has 2 heterocycles. The van der Waals surface area contributed by atoms with Crippen LogP contribution in [0.2, 0.25) is 0 Å². The van der Waals surface area contributed by atoms with Crippen molar-refractivity contribution >= 4 is 41.7 Å². The van der Waals surface area contributed by atoms with Gasteiger partial charge in [0.1, 0.15) is 5.82 Å². The van der Waals surface area contributed by atoms with Gasteiger partial charge in [0.15, 0.2) is 5.96 Å². The first-order valence-corrected chi connectivity index (χ1v) is 11.4. The maximum atomic E-state index is 11.7. The van der Waals surface area contributed by atoms with Gasteiger partial charge in [0.05, 0.1) is 12.5 Å². The van der Waals surface area contributed by atoms with Crippen molar-refractivity contribution < 1.29 is 4.79 Å². The lowest BCUT2D eigenvalue weighted by Gasteiger charge is -2.33. The summed E-state index contributed by atoms with van der Waals surface area (Å²) in [4.78, 5) is 23.2. The number of halogens is 1. The summed E-state index contributed by atoms with van der Waals surface area (Å²) in [6.45, 7) is 5.86. The Hall–Kier alpha value is -1.84. The molecule has 1 aliphatic carbocycles. The van der Waals surface area contributed by atoms with Crippen molar-refractivity contribution in [2.24, 2.45) is 16.6 Å². The number of nitrogens with two attached hydrogens (primary N) is 1. The third-order valence-corrected chi connectivity index (χ3v) is 5.87. The molecule has 2 aliphatic rings. The number of aliphatic imine (C=N–C) groups is 1. The number of primary amides is 1. The van der Waals surface area contributed by atoms with Gasteiger partial charge in [0, 0.05) is 37.9 Å². The van der Waals surface area contributed by atoms with Crippen molar-refractivity contribution in [3.05, 3.63) is 35.5 Å². The van der Waals surface area contributed by atoms with E-state index < -0.39 is 0 Å². The predicted molar refractivity (Wildman–Crippen MR) is 138 cm³/mol. The van der Waals surface area contributed by atoms with Crippen LogP contribution in [0.3, 0.4) is 0 Å². The summed E-state index contributed by atoms with van der Waals surface area (Å²) in [5, 5.41) is 6.80. The van der Waals surface area contributed by atoms with E-state index in [0.717, 1.165) is 56.2 Å². The van der Waals surface area contributed by atoms with Gasteiger partial charge in [0.25, 0.3) is 0 Å². The number of nitrogens with zero attached hydrogens (tertiary/aromatic N) is 3. The van der Waals surface area contributed by atoms with Crippen LogP contribution >= 0.6 is 24.0 Å². The molecule has 1 amide bonds. The van der Waals surface area contributed by atoms with Gasteiger partial charge in [-0.1, -0.05) is 17.7 Å². The number of hydrogen-bond acceptors (Lipinski definition) is 4. The number of nitrogens with one attached hydrogen (secondary N) is 2. The molecular weight excluding hydrogens is 503 g/mol. The van der Waals surface area contributed by atoms with Crippen LogP contribution in [-0.4, -0.2) is 43.0 Å². The number of carbonyl (C=O) groups is 1. The minimum Gasteiger partial charge on any atom is -0.369 e. The SMILES string of the molecule is CCNC(=NCc1cccnc1N1CCCC(C(N)=O)C1)NCCC1=CCCCC1.I. The molecule has 1 unspecified atom stereocenters. The van der Waals surface area contributed by atoms with E-state index in [0.29, 0.717) is 13.1 Å². The van der Waals surface area contributed by atoms with Crippen molar-refractivity contribution in [1.29, 1.82) is 0 Å². The lowest BCUT2D eigenvalue weighted by atomic mass is 9.97. The fourth-order valence-electron chi connectivity index (χ4n) is 4.22. The van der Waals surface area contributed by atoms with Crippen LogP contribution in [0.25, 0.3) is 0 Å². The van der Waals surface area contributed by atoms with Crippen LogP contribution < -0.4 is 21.3 Å². The second-order valence-electron chi connectivity index (χ2n) is 8.15. The number of hydrogen-bond donors (Lipinski definition) is 3. The van der Waals surface area contributed by atoms with E-state index >= 15 is 0 Å². The first kappa shape index (κ1) is 25.4. The van der Waals surface area contributed by atoms with Crippen molar-refractivity contribution in [1.82, 2.24) is 15.6 Å². The van der Waals surface area contributed by atoms with Crippen molar-refractivity contribution in [3.8, 4) is 0 Å². The van der Waals surface area contributed by atoms with E-state index in [1.165, 1.54) is 25.7 Å². The second-order valence-corrected chi connectivity index (χ2v) is 8.15. The summed E-state index contributed by atoms with van der Waals surface area (Å²) in [7, 11) is 0. The van der Waals surface area contributed by atoms with E-state index in [2.05, 4.69) is 39.6 Å². The van der Waals surface area contributed by atoms with E-state index in [1.807, 2.05) is 6.07 Å². The zero-order valence-corrected chi connectivity index (χ0v) is 20.9. The first-order chi connectivity index (χ1) is 14.7. The quantitative estimate of drug-likeness (QED) is 0.204. The Morgan fingerprint density at radius 2 is 2.19 bits per heavy atom. The molecule has 1 fully saturated rings. The van der Waals surface area contributed by atoms with Gasteiger partial charge in [-0.25, -0.2) is 9.98 Å². The Morgan fingerprint density at radius 3 is 2.94 bits per heavy atom. The molecule has 1 atom stereocenters. The minimum absolute atomic E-state index is 0. The van der Waals surface area contributed by atoms with Gasteiger partial charge in [-0.3, -0.25) is 4.79 Å². The number of allylic oxidation sites excluding steroid dienone is 1. The number of carbonyl (C=O) groups excluding carboxylic acids is 1. The maximum Gasteiger partial charge on any atom is 0.222 e. The molecule has 4 N–H and O–H groups in total. The van der Waals surface area contributed by atoms with E-state index in [1.54, 1.807) is 11.8 Å². The molecule has 0 bridgehead atoms. The highest BCUT2D eigenvalue weighted by Crippen LogP contribution is 2.25. The van der Waals surface area contributed by atoms with E-state index in [4.69, 9.17) is 10.7 Å². The molecule has 172 valence electrons. The topological polar surface area (TPSA) is 95.6 Å². The Labute approximate surface area is 203 Å². The third-order valence-electron chi connectivity index (χ3n) is 5.87. The summed E-state index contributed by atoms with van der Waals surface area (Å²) >= 11 is 0. The normalized spacial score (nSPS) is 19.3. The Kier molecular flexibility index (Phi) is 11.1. The average Bonchev–Trinajstić information content (AvgIpc) is 2.78. The van der Waals surface area contributed by atoms with Crippen LogP contribution in [0.15, 0.2) is 35.0 Å². The lowest BCUT2D eigenvalue weighted by Crippen LogP contribution is -2.42. The molecular formula is C23H37IN6O. The number of rotatable bonds is 8. The smallest absolute Gasteiger partial charge is 0.222 e. The summed E-state index contributed by atoms with van der Waals surface area (Å²) in [5.74, 6) is 1.42. The van der Waals surface area contributed by atoms with Crippen LogP contribution in [0, 0.1) is 5.92 Å². The molecule has 0 saturated carbocycles. The number of piperidine rings is 1. The van der Waals surface area contributed by atoms with Gasteiger partial charge in [-0.05, 0) is 57.9 Å². The predicted octanol–water partition coefficient (Wildman–Crippen LogP) is 3.35. The zero-order valence-electron chi connectivity index (χ0n) is 18.6. The fourth-order valence-corrected chi connectivity index (χ4v) is 4.22. The minimum atomic E-state index is -0.220. The lowest BCUT2D eigenvalue weighted by molar-refractivity contribution is -0.122. The molecule has 8 heteroatoms. The highest BCUT2D eigenvalue weighted by molar-refractivity contribution is 14.0. The summed E-state index contributed by atoms with van der Waals surface area (Å²) < 4.78 is 0. The summed E-state index contributed by atoms with van der Waals surface area (Å²) in [6.07, 6.45) is 12.2. The molecule has 1 aromatic heterocycles.